The lowest BCUT2D eigenvalue weighted by Crippen LogP contribution is -1.87. The maximum absolute atomic E-state index is 14.5. The highest BCUT2D eigenvalue weighted by Gasteiger charge is 2.15. The van der Waals surface area contributed by atoms with Crippen molar-refractivity contribution in [3.8, 4) is 34.0 Å². The Bertz CT molecular complexity index is 1060. The molecule has 0 atom stereocenters. The van der Waals surface area contributed by atoms with Crippen LogP contribution >= 0.6 is 0 Å². The summed E-state index contributed by atoms with van der Waals surface area (Å²) in [7, 11) is 0. The number of halogens is 1. The zero-order chi connectivity index (χ0) is 19.1. The highest BCUT2D eigenvalue weighted by atomic mass is 19.1. The van der Waals surface area contributed by atoms with Crippen LogP contribution in [-0.4, -0.2) is 16.3 Å². The minimum Gasteiger partial charge on any atom is -0.334 e. The molecule has 0 saturated carbocycles. The van der Waals surface area contributed by atoms with Crippen molar-refractivity contribution in [3.63, 3.8) is 0 Å². The average molecular weight is 360 g/mol. The third kappa shape index (κ3) is 4.21. The van der Waals surface area contributed by atoms with E-state index in [1.165, 1.54) is 6.07 Å². The lowest BCUT2D eigenvalue weighted by molar-refractivity contribution is -0.191. The largest absolute Gasteiger partial charge is 0.373 e. The van der Waals surface area contributed by atoms with Crippen molar-refractivity contribution in [1.29, 1.82) is 0 Å². The van der Waals surface area contributed by atoms with Gasteiger partial charge in [0.2, 0.25) is 5.82 Å². The van der Waals surface area contributed by atoms with Crippen molar-refractivity contribution in [3.05, 3.63) is 84.7 Å². The first kappa shape index (κ1) is 17.9. The van der Waals surface area contributed by atoms with E-state index in [1.807, 2.05) is 66.7 Å². The molecule has 0 unspecified atom stereocenters. The molecular weight excluding hydrogens is 347 g/mol. The monoisotopic (exact) mass is 360 g/mol. The maximum atomic E-state index is 14.5. The summed E-state index contributed by atoms with van der Waals surface area (Å²) >= 11 is 0. The molecule has 1 heterocycles. The molecule has 6 heteroatoms. The Morgan fingerprint density at radius 3 is 1.96 bits per heavy atom. The summed E-state index contributed by atoms with van der Waals surface area (Å²) in [6.45, 7) is 0. The second-order valence-corrected chi connectivity index (χ2v) is 5.43. The molecule has 132 valence electrons. The zero-order valence-electron chi connectivity index (χ0n) is 14.0. The van der Waals surface area contributed by atoms with Crippen LogP contribution in [0.25, 0.3) is 34.0 Å². The summed E-state index contributed by atoms with van der Waals surface area (Å²) in [6.07, 6.45) is 0.250. The van der Waals surface area contributed by atoms with Crippen molar-refractivity contribution >= 4 is 6.15 Å². The molecule has 0 fully saturated rings. The normalized spacial score (nSPS) is 9.81. The van der Waals surface area contributed by atoms with Crippen LogP contribution in [0.4, 0.5) is 4.39 Å². The summed E-state index contributed by atoms with van der Waals surface area (Å²) in [6, 6.07) is 24.1. The van der Waals surface area contributed by atoms with Gasteiger partial charge < -0.3 is 4.52 Å². The van der Waals surface area contributed by atoms with Gasteiger partial charge in [-0.1, -0.05) is 71.9 Å². The van der Waals surface area contributed by atoms with Gasteiger partial charge in [0.05, 0.1) is 5.56 Å². The summed E-state index contributed by atoms with van der Waals surface area (Å²) < 4.78 is 19.7. The van der Waals surface area contributed by atoms with Crippen molar-refractivity contribution in [1.82, 2.24) is 10.1 Å². The molecule has 4 aromatic rings. The molecule has 0 saturated heterocycles. The first-order valence-corrected chi connectivity index (χ1v) is 7.96. The Hall–Kier alpha value is -3.89. The number of carbonyl (C=O) groups excluding carboxylic acids is 2. The van der Waals surface area contributed by atoms with Crippen LogP contribution in [0.1, 0.15) is 0 Å². The number of hydrogen-bond donors (Lipinski definition) is 0. The van der Waals surface area contributed by atoms with Gasteiger partial charge in [0, 0.05) is 5.56 Å². The maximum Gasteiger partial charge on any atom is 0.373 e. The van der Waals surface area contributed by atoms with E-state index >= 15 is 0 Å². The molecule has 1 aromatic heterocycles. The molecule has 4 rings (SSSR count). The number of nitrogens with zero attached hydrogens (tertiary/aromatic N) is 2. The number of hydrogen-bond acceptors (Lipinski definition) is 5. The summed E-state index contributed by atoms with van der Waals surface area (Å²) in [5.41, 5.74) is 2.89. The van der Waals surface area contributed by atoms with E-state index in [1.54, 1.807) is 6.07 Å². The molecule has 0 N–H and O–H groups in total. The van der Waals surface area contributed by atoms with Crippen molar-refractivity contribution < 1.29 is 18.5 Å². The van der Waals surface area contributed by atoms with E-state index in [0.717, 1.165) is 16.7 Å². The molecule has 3 aromatic carbocycles. The SMILES string of the molecule is Fc1cc(-c2ccccc2)ccc1-c1nc(-c2ccccc2)no1.O=C=O. The van der Waals surface area contributed by atoms with Gasteiger partial charge in [-0.3, -0.25) is 0 Å². The van der Waals surface area contributed by atoms with Gasteiger partial charge >= 0.3 is 6.15 Å². The Morgan fingerprint density at radius 1 is 0.778 bits per heavy atom. The lowest BCUT2D eigenvalue weighted by Gasteiger charge is -2.03. The first-order chi connectivity index (χ1) is 13.2. The third-order valence-corrected chi connectivity index (χ3v) is 3.76. The fourth-order valence-corrected chi connectivity index (χ4v) is 2.54. The van der Waals surface area contributed by atoms with Crippen molar-refractivity contribution in [2.24, 2.45) is 0 Å². The van der Waals surface area contributed by atoms with E-state index in [0.29, 0.717) is 11.4 Å². The van der Waals surface area contributed by atoms with E-state index in [2.05, 4.69) is 10.1 Å². The van der Waals surface area contributed by atoms with Crippen molar-refractivity contribution in [2.45, 2.75) is 0 Å². The minimum absolute atomic E-state index is 0.172. The van der Waals surface area contributed by atoms with Crippen LogP contribution in [-0.2, 0) is 9.59 Å². The van der Waals surface area contributed by atoms with E-state index < -0.39 is 0 Å². The molecule has 27 heavy (non-hydrogen) atoms. The first-order valence-electron chi connectivity index (χ1n) is 7.96. The standard InChI is InChI=1S/C20H13FN2O.CO2/c21-18-13-16(14-7-3-1-4-8-14)11-12-17(18)20-22-19(23-24-20)15-9-5-2-6-10-15;2-1-3/h1-13H;. The predicted octanol–water partition coefficient (Wildman–Crippen LogP) is 4.63. The number of benzene rings is 3. The van der Waals surface area contributed by atoms with Crippen LogP contribution in [0.2, 0.25) is 0 Å². The Balaban J connectivity index is 0.000000659. The van der Waals surface area contributed by atoms with Gasteiger partial charge in [-0.25, -0.2) is 4.39 Å². The minimum atomic E-state index is -0.389. The zero-order valence-corrected chi connectivity index (χ0v) is 14.0. The van der Waals surface area contributed by atoms with E-state index in [-0.39, 0.29) is 17.9 Å². The van der Waals surface area contributed by atoms with Crippen LogP contribution in [0.15, 0.2) is 83.4 Å². The van der Waals surface area contributed by atoms with Gasteiger partial charge in [0.15, 0.2) is 0 Å². The number of aromatic nitrogens is 2. The van der Waals surface area contributed by atoms with Gasteiger partial charge in [0.1, 0.15) is 5.82 Å². The predicted molar refractivity (Wildman–Crippen MR) is 95.6 cm³/mol. The van der Waals surface area contributed by atoms with Crippen LogP contribution in [0.3, 0.4) is 0 Å². The van der Waals surface area contributed by atoms with Gasteiger partial charge in [0.25, 0.3) is 5.89 Å². The highest BCUT2D eigenvalue weighted by molar-refractivity contribution is 5.68. The van der Waals surface area contributed by atoms with Gasteiger partial charge in [-0.2, -0.15) is 14.6 Å². The van der Waals surface area contributed by atoms with E-state index in [9.17, 15) is 4.39 Å². The molecule has 0 aliphatic heterocycles. The summed E-state index contributed by atoms with van der Waals surface area (Å²) in [4.78, 5) is 20.5. The van der Waals surface area contributed by atoms with Crippen LogP contribution in [0.5, 0.6) is 0 Å². The smallest absolute Gasteiger partial charge is 0.334 e. The van der Waals surface area contributed by atoms with E-state index in [4.69, 9.17) is 14.1 Å². The molecule has 0 radical (unpaired) electrons. The second kappa shape index (κ2) is 8.47. The van der Waals surface area contributed by atoms with Gasteiger partial charge in [-0.05, 0) is 23.3 Å². The van der Waals surface area contributed by atoms with Crippen LogP contribution < -0.4 is 0 Å². The molecular formula is C21H13FN2O3. The highest BCUT2D eigenvalue weighted by Crippen LogP contribution is 2.28. The molecule has 0 aliphatic rings. The second-order valence-electron chi connectivity index (χ2n) is 5.43. The fourth-order valence-electron chi connectivity index (χ4n) is 2.54. The Labute approximate surface area is 154 Å². The molecule has 0 bridgehead atoms. The molecule has 5 nitrogen and oxygen atoms in total. The topological polar surface area (TPSA) is 73.1 Å². The average Bonchev–Trinajstić information content (AvgIpc) is 3.20. The van der Waals surface area contributed by atoms with Crippen molar-refractivity contribution in [2.75, 3.05) is 0 Å². The summed E-state index contributed by atoms with van der Waals surface area (Å²) in [5.74, 6) is 0.225. The lowest BCUT2D eigenvalue weighted by atomic mass is 10.0. The molecule has 0 amide bonds. The summed E-state index contributed by atoms with van der Waals surface area (Å²) in [5, 5.41) is 3.93. The molecule has 0 spiro atoms. The fraction of sp³-hybridized carbons (Fsp3) is 0. The number of rotatable bonds is 3. The van der Waals surface area contributed by atoms with Gasteiger partial charge in [-0.15, -0.1) is 0 Å². The Kier molecular flexibility index (Phi) is 5.62. The van der Waals surface area contributed by atoms with Crippen LogP contribution in [0, 0.1) is 5.82 Å². The third-order valence-electron chi connectivity index (χ3n) is 3.76. The molecule has 0 aliphatic carbocycles. The Morgan fingerprint density at radius 2 is 1.37 bits per heavy atom. The quantitative estimate of drug-likeness (QED) is 0.533.